The molecule has 0 aromatic heterocycles. The Kier molecular flexibility index (Phi) is 7.42. The van der Waals surface area contributed by atoms with Crippen molar-refractivity contribution in [2.75, 3.05) is 0 Å². The van der Waals surface area contributed by atoms with Gasteiger partial charge in [0.2, 0.25) is 18.2 Å². The normalized spacial score (nSPS) is 12.2. The molecule has 0 unspecified atom stereocenters. The van der Waals surface area contributed by atoms with Gasteiger partial charge < -0.3 is 4.57 Å². The number of rotatable bonds is 7. The molecule has 2 rings (SSSR count). The van der Waals surface area contributed by atoms with Crippen molar-refractivity contribution in [3.8, 4) is 0 Å². The van der Waals surface area contributed by atoms with Gasteiger partial charge in [0.15, 0.2) is 0 Å². The van der Waals surface area contributed by atoms with Gasteiger partial charge in [-0.25, -0.2) is 0 Å². The number of allylic oxidation sites excluding steroid dienone is 2. The van der Waals surface area contributed by atoms with Crippen molar-refractivity contribution in [1.82, 2.24) is 0 Å². The fourth-order valence-corrected chi connectivity index (χ4v) is 7.36. The molecule has 2 aromatic carbocycles. The highest BCUT2D eigenvalue weighted by Crippen LogP contribution is 2.61. The summed E-state index contributed by atoms with van der Waals surface area (Å²) in [5, 5.41) is 0.457. The third kappa shape index (κ3) is 4.27. The van der Waals surface area contributed by atoms with Crippen LogP contribution in [0.2, 0.25) is 0 Å². The number of hydrogen-bond acceptors (Lipinski definition) is 3. The molecule has 0 N–H and O–H groups in total. The molecular weight excluding hydrogens is 391 g/mol. The maximum atomic E-state index is 14.5. The highest BCUT2D eigenvalue weighted by atomic mass is 31.2. The van der Waals surface area contributed by atoms with E-state index in [1.165, 1.54) is 0 Å². The predicted molar refractivity (Wildman–Crippen MR) is 126 cm³/mol. The second-order valence-corrected chi connectivity index (χ2v) is 10.8. The number of hydrogen-bond donors (Lipinski definition) is 0. The van der Waals surface area contributed by atoms with E-state index in [0.29, 0.717) is 29.3 Å². The first-order valence-corrected chi connectivity index (χ1v) is 12.2. The Hall–Kier alpha value is -2.25. The van der Waals surface area contributed by atoms with Gasteiger partial charge in [-0.1, -0.05) is 55.3 Å². The number of carbonyl (C=O) groups is 2. The number of benzene rings is 2. The molecule has 0 spiro atoms. The fourth-order valence-electron chi connectivity index (χ4n) is 4.43. The Morgan fingerprint density at radius 3 is 1.33 bits per heavy atom. The van der Waals surface area contributed by atoms with Gasteiger partial charge in [0.1, 0.15) is 0 Å². The summed E-state index contributed by atoms with van der Waals surface area (Å²) in [6.45, 7) is 15.1. The summed E-state index contributed by atoms with van der Waals surface area (Å²) in [7, 11) is -4.03. The Morgan fingerprint density at radius 2 is 1.07 bits per heavy atom. The van der Waals surface area contributed by atoms with Crippen LogP contribution in [0, 0.1) is 41.5 Å². The van der Waals surface area contributed by atoms with Crippen LogP contribution < -0.4 is 0 Å². The van der Waals surface area contributed by atoms with Crippen molar-refractivity contribution in [3.63, 3.8) is 0 Å². The van der Waals surface area contributed by atoms with E-state index in [9.17, 15) is 14.2 Å². The van der Waals surface area contributed by atoms with Crippen molar-refractivity contribution >= 4 is 18.2 Å². The SMILES string of the molecule is CC/C=C(/CC)P(=O)(C(=O)c1c(C)cc(C)cc1C)C(=O)c1c(C)cc(C)cc1C. The highest BCUT2D eigenvalue weighted by molar-refractivity contribution is 7.98. The maximum Gasteiger partial charge on any atom is 0.244 e. The molecule has 0 atom stereocenters. The van der Waals surface area contributed by atoms with Crippen molar-refractivity contribution in [2.24, 2.45) is 0 Å². The van der Waals surface area contributed by atoms with E-state index in [4.69, 9.17) is 0 Å². The molecule has 0 amide bonds. The Morgan fingerprint density at radius 1 is 0.733 bits per heavy atom. The van der Waals surface area contributed by atoms with Crippen molar-refractivity contribution in [2.45, 2.75) is 68.2 Å². The minimum atomic E-state index is -4.03. The zero-order valence-corrected chi connectivity index (χ0v) is 20.4. The Bertz CT molecular complexity index is 970. The van der Waals surface area contributed by atoms with Crippen LogP contribution in [-0.4, -0.2) is 11.0 Å². The average Bonchev–Trinajstić information content (AvgIpc) is 2.63. The lowest BCUT2D eigenvalue weighted by atomic mass is 10.0. The van der Waals surface area contributed by atoms with Crippen LogP contribution >= 0.6 is 7.14 Å². The van der Waals surface area contributed by atoms with Gasteiger partial charge in [0.25, 0.3) is 0 Å². The van der Waals surface area contributed by atoms with Gasteiger partial charge in [0.05, 0.1) is 0 Å². The van der Waals surface area contributed by atoms with E-state index in [1.807, 2.05) is 79.7 Å². The number of carbonyl (C=O) groups excluding carboxylic acids is 2. The molecule has 160 valence electrons. The molecule has 0 saturated heterocycles. The van der Waals surface area contributed by atoms with E-state index in [-0.39, 0.29) is 0 Å². The van der Waals surface area contributed by atoms with Gasteiger partial charge in [-0.3, -0.25) is 9.59 Å². The third-order valence-electron chi connectivity index (χ3n) is 5.56. The molecule has 4 heteroatoms. The molecule has 0 bridgehead atoms. The van der Waals surface area contributed by atoms with Crippen LogP contribution in [0.3, 0.4) is 0 Å². The molecule has 0 aliphatic heterocycles. The molecule has 2 aromatic rings. The average molecular weight is 425 g/mol. The van der Waals surface area contributed by atoms with E-state index in [1.54, 1.807) is 6.08 Å². The van der Waals surface area contributed by atoms with Crippen LogP contribution in [0.1, 0.15) is 80.8 Å². The quantitative estimate of drug-likeness (QED) is 0.430. The van der Waals surface area contributed by atoms with Crippen molar-refractivity contribution in [1.29, 1.82) is 0 Å². The summed E-state index contributed by atoms with van der Waals surface area (Å²) in [6.07, 6.45) is 2.82. The zero-order valence-electron chi connectivity index (χ0n) is 19.5. The minimum Gasteiger partial charge on any atom is -0.302 e. The molecule has 0 saturated carbocycles. The topological polar surface area (TPSA) is 51.2 Å². The first-order chi connectivity index (χ1) is 14.0. The second-order valence-electron chi connectivity index (χ2n) is 8.22. The van der Waals surface area contributed by atoms with E-state index in [2.05, 4.69) is 0 Å². The summed E-state index contributed by atoms with van der Waals surface area (Å²) in [4.78, 5) is 27.7. The Balaban J connectivity index is 2.85. The first kappa shape index (κ1) is 24.0. The van der Waals surface area contributed by atoms with E-state index in [0.717, 1.165) is 33.4 Å². The lowest BCUT2D eigenvalue weighted by molar-refractivity contribution is 0.103. The third-order valence-corrected chi connectivity index (χ3v) is 8.46. The molecule has 0 aliphatic carbocycles. The molecular formula is C26H33O3P. The van der Waals surface area contributed by atoms with Crippen LogP contribution in [0.4, 0.5) is 0 Å². The zero-order chi connectivity index (χ0) is 22.8. The van der Waals surface area contributed by atoms with Crippen molar-refractivity contribution < 1.29 is 14.2 Å². The van der Waals surface area contributed by atoms with Crippen LogP contribution in [-0.2, 0) is 4.57 Å². The summed E-state index contributed by atoms with van der Waals surface area (Å²) in [5.41, 5.74) is 4.85. The summed E-state index contributed by atoms with van der Waals surface area (Å²) in [5.74, 6) is 0. The molecule has 3 nitrogen and oxygen atoms in total. The first-order valence-electron chi connectivity index (χ1n) is 10.5. The lowest BCUT2D eigenvalue weighted by Gasteiger charge is -2.23. The monoisotopic (exact) mass is 424 g/mol. The fraction of sp³-hybridized carbons (Fsp3) is 0.385. The van der Waals surface area contributed by atoms with Gasteiger partial charge in [-0.05, 0) is 82.0 Å². The molecule has 30 heavy (non-hydrogen) atoms. The predicted octanol–water partition coefficient (Wildman–Crippen LogP) is 7.58. The lowest BCUT2D eigenvalue weighted by Crippen LogP contribution is -2.16. The van der Waals surface area contributed by atoms with Crippen molar-refractivity contribution in [3.05, 3.63) is 80.2 Å². The van der Waals surface area contributed by atoms with Gasteiger partial charge in [-0.15, -0.1) is 0 Å². The van der Waals surface area contributed by atoms with E-state index < -0.39 is 18.2 Å². The van der Waals surface area contributed by atoms with Gasteiger partial charge in [0, 0.05) is 11.1 Å². The number of aryl methyl sites for hydroxylation is 6. The van der Waals surface area contributed by atoms with Gasteiger partial charge in [-0.2, -0.15) is 0 Å². The molecule has 0 aliphatic rings. The van der Waals surface area contributed by atoms with Gasteiger partial charge >= 0.3 is 0 Å². The highest BCUT2D eigenvalue weighted by Gasteiger charge is 2.45. The summed E-state index contributed by atoms with van der Waals surface area (Å²) >= 11 is 0. The van der Waals surface area contributed by atoms with Crippen LogP contribution in [0.25, 0.3) is 0 Å². The van der Waals surface area contributed by atoms with Crippen LogP contribution in [0.5, 0.6) is 0 Å². The second kappa shape index (κ2) is 9.27. The Labute approximate surface area is 181 Å². The smallest absolute Gasteiger partial charge is 0.244 e. The molecule has 0 radical (unpaired) electrons. The molecule has 0 fully saturated rings. The summed E-state index contributed by atoms with van der Waals surface area (Å²) < 4.78 is 14.5. The largest absolute Gasteiger partial charge is 0.302 e. The summed E-state index contributed by atoms with van der Waals surface area (Å²) in [6, 6.07) is 7.64. The van der Waals surface area contributed by atoms with Crippen LogP contribution in [0.15, 0.2) is 35.7 Å². The van der Waals surface area contributed by atoms with E-state index >= 15 is 0 Å². The molecule has 0 heterocycles. The maximum absolute atomic E-state index is 14.5. The minimum absolute atomic E-state index is 0.399. The standard InChI is InChI=1S/C26H33O3P/c1-9-11-22(10-2)30(29,25(27)23-18(5)12-16(3)13-19(23)6)26(28)24-20(7)14-17(4)15-21(24)8/h11-15H,9-10H2,1-8H3/b22-11-.